The first-order valence-corrected chi connectivity index (χ1v) is 5.45. The van der Waals surface area contributed by atoms with E-state index >= 15 is 0 Å². The van der Waals surface area contributed by atoms with Crippen LogP contribution in [0, 0.1) is 5.82 Å². The Morgan fingerprint density at radius 1 is 1.28 bits per heavy atom. The number of para-hydroxylation sites is 1. The van der Waals surface area contributed by atoms with E-state index in [1.807, 2.05) is 30.3 Å². The predicted octanol–water partition coefficient (Wildman–Crippen LogP) is 1.69. The highest BCUT2D eigenvalue weighted by Crippen LogP contribution is 2.09. The summed E-state index contributed by atoms with van der Waals surface area (Å²) in [5, 5.41) is 3.16. The van der Waals surface area contributed by atoms with Crippen molar-refractivity contribution in [3.63, 3.8) is 0 Å². The second-order valence-corrected chi connectivity index (χ2v) is 3.53. The number of halogens is 1. The quantitative estimate of drug-likeness (QED) is 0.788. The molecule has 1 aromatic heterocycles. The molecule has 0 atom stereocenters. The number of nitrogen functional groups attached to an aromatic ring is 1. The van der Waals surface area contributed by atoms with Crippen molar-refractivity contribution in [3.05, 3.63) is 42.3 Å². The molecular weight excluding hydrogens is 235 g/mol. The van der Waals surface area contributed by atoms with Crippen molar-refractivity contribution in [1.29, 1.82) is 0 Å². The van der Waals surface area contributed by atoms with Gasteiger partial charge in [-0.1, -0.05) is 18.2 Å². The van der Waals surface area contributed by atoms with Gasteiger partial charge in [0.15, 0.2) is 11.6 Å². The number of benzene rings is 1. The normalized spacial score (nSPS) is 10.1. The fourth-order valence-electron chi connectivity index (χ4n) is 1.33. The lowest BCUT2D eigenvalue weighted by molar-refractivity contribution is 0.305. The first-order valence-electron chi connectivity index (χ1n) is 5.45. The monoisotopic (exact) mass is 248 g/mol. The Labute approximate surface area is 104 Å². The van der Waals surface area contributed by atoms with E-state index in [1.54, 1.807) is 0 Å². The van der Waals surface area contributed by atoms with Crippen LogP contribution >= 0.6 is 0 Å². The molecule has 0 unspecified atom stereocenters. The van der Waals surface area contributed by atoms with E-state index in [4.69, 9.17) is 10.5 Å². The molecule has 0 radical (unpaired) electrons. The number of anilines is 2. The van der Waals surface area contributed by atoms with Crippen LogP contribution in [0.3, 0.4) is 0 Å². The smallest absolute Gasteiger partial charge is 0.318 e. The van der Waals surface area contributed by atoms with Gasteiger partial charge < -0.3 is 15.8 Å². The molecule has 3 N–H and O–H groups in total. The van der Waals surface area contributed by atoms with Gasteiger partial charge >= 0.3 is 6.01 Å². The van der Waals surface area contributed by atoms with Crippen LogP contribution in [0.15, 0.2) is 36.5 Å². The largest absolute Gasteiger partial charge is 0.462 e. The Morgan fingerprint density at radius 3 is 2.78 bits per heavy atom. The van der Waals surface area contributed by atoms with E-state index in [0.717, 1.165) is 11.9 Å². The van der Waals surface area contributed by atoms with Crippen LogP contribution in [0.5, 0.6) is 6.01 Å². The van der Waals surface area contributed by atoms with Gasteiger partial charge in [-0.15, -0.1) is 0 Å². The molecule has 0 aliphatic rings. The summed E-state index contributed by atoms with van der Waals surface area (Å²) in [4.78, 5) is 7.33. The van der Waals surface area contributed by atoms with E-state index < -0.39 is 5.82 Å². The number of ether oxygens (including phenoxy) is 1. The maximum Gasteiger partial charge on any atom is 0.318 e. The summed E-state index contributed by atoms with van der Waals surface area (Å²) in [6.07, 6.45) is 0.988. The minimum atomic E-state index is -0.648. The third-order valence-corrected chi connectivity index (χ3v) is 2.19. The van der Waals surface area contributed by atoms with E-state index in [1.165, 1.54) is 0 Å². The summed E-state index contributed by atoms with van der Waals surface area (Å²) in [7, 11) is 0. The van der Waals surface area contributed by atoms with Crippen molar-refractivity contribution in [3.8, 4) is 6.01 Å². The summed E-state index contributed by atoms with van der Waals surface area (Å²) in [5.74, 6) is -0.860. The lowest BCUT2D eigenvalue weighted by Crippen LogP contribution is -2.13. The molecule has 0 aliphatic carbocycles. The van der Waals surface area contributed by atoms with Gasteiger partial charge in [0.2, 0.25) is 0 Å². The van der Waals surface area contributed by atoms with E-state index in [9.17, 15) is 4.39 Å². The molecule has 1 aromatic carbocycles. The Hall–Kier alpha value is -2.37. The van der Waals surface area contributed by atoms with Gasteiger partial charge in [0.1, 0.15) is 6.61 Å². The van der Waals surface area contributed by atoms with Crippen molar-refractivity contribution in [2.24, 2.45) is 0 Å². The number of hydrogen-bond acceptors (Lipinski definition) is 5. The Morgan fingerprint density at radius 2 is 2.06 bits per heavy atom. The van der Waals surface area contributed by atoms with Gasteiger partial charge in [0, 0.05) is 12.2 Å². The summed E-state index contributed by atoms with van der Waals surface area (Å²) in [6, 6.07) is 9.79. The summed E-state index contributed by atoms with van der Waals surface area (Å²) in [5.41, 5.74) is 6.29. The van der Waals surface area contributed by atoms with Crippen molar-refractivity contribution in [2.75, 3.05) is 24.2 Å². The molecular formula is C12H13FN4O. The van der Waals surface area contributed by atoms with Crippen molar-refractivity contribution in [2.45, 2.75) is 0 Å². The third kappa shape index (κ3) is 3.31. The van der Waals surface area contributed by atoms with Crippen molar-refractivity contribution < 1.29 is 9.13 Å². The number of aromatic nitrogens is 2. The molecule has 0 saturated carbocycles. The Balaban J connectivity index is 1.77. The summed E-state index contributed by atoms with van der Waals surface area (Å²) >= 11 is 0. The average Bonchev–Trinajstić information content (AvgIpc) is 2.40. The van der Waals surface area contributed by atoms with Crippen LogP contribution in [-0.4, -0.2) is 23.1 Å². The SMILES string of the molecule is Nc1nc(OCCNc2ccccc2)ncc1F. The third-order valence-electron chi connectivity index (χ3n) is 2.19. The highest BCUT2D eigenvalue weighted by Gasteiger charge is 2.03. The molecule has 0 aliphatic heterocycles. The first-order chi connectivity index (χ1) is 8.75. The maximum absolute atomic E-state index is 12.8. The van der Waals surface area contributed by atoms with E-state index in [-0.39, 0.29) is 11.8 Å². The molecule has 2 rings (SSSR count). The maximum atomic E-state index is 12.8. The van der Waals surface area contributed by atoms with Gasteiger partial charge in [-0.2, -0.15) is 4.98 Å². The molecule has 0 saturated heterocycles. The molecule has 0 spiro atoms. The summed E-state index contributed by atoms with van der Waals surface area (Å²) < 4.78 is 18.0. The molecule has 6 heteroatoms. The number of nitrogens with one attached hydrogen (secondary N) is 1. The van der Waals surface area contributed by atoms with Crippen LogP contribution in [0.25, 0.3) is 0 Å². The topological polar surface area (TPSA) is 73.1 Å². The lowest BCUT2D eigenvalue weighted by Gasteiger charge is -2.07. The minimum absolute atomic E-state index is 0.0729. The van der Waals surface area contributed by atoms with Gasteiger partial charge in [0.05, 0.1) is 6.20 Å². The standard InChI is InChI=1S/C12H13FN4O/c13-10-8-16-12(17-11(10)14)18-7-6-15-9-4-2-1-3-5-9/h1-5,8,15H,6-7H2,(H2,14,16,17). The summed E-state index contributed by atoms with van der Waals surface area (Å²) in [6.45, 7) is 0.949. The van der Waals surface area contributed by atoms with Crippen LogP contribution in [0.1, 0.15) is 0 Å². The second kappa shape index (κ2) is 5.81. The highest BCUT2D eigenvalue weighted by molar-refractivity contribution is 5.42. The first kappa shape index (κ1) is 12.1. The van der Waals surface area contributed by atoms with Crippen LogP contribution in [-0.2, 0) is 0 Å². The fraction of sp³-hybridized carbons (Fsp3) is 0.167. The molecule has 18 heavy (non-hydrogen) atoms. The Kier molecular flexibility index (Phi) is 3.90. The van der Waals surface area contributed by atoms with E-state index in [0.29, 0.717) is 13.2 Å². The number of nitrogens with zero attached hydrogens (tertiary/aromatic N) is 2. The molecule has 5 nitrogen and oxygen atoms in total. The number of nitrogens with two attached hydrogens (primary N) is 1. The van der Waals surface area contributed by atoms with Crippen LogP contribution < -0.4 is 15.8 Å². The number of hydrogen-bond donors (Lipinski definition) is 2. The van der Waals surface area contributed by atoms with Crippen molar-refractivity contribution >= 4 is 11.5 Å². The fourth-order valence-corrected chi connectivity index (χ4v) is 1.33. The molecule has 0 bridgehead atoms. The molecule has 1 heterocycles. The molecule has 0 fully saturated rings. The molecule has 94 valence electrons. The minimum Gasteiger partial charge on any atom is -0.462 e. The zero-order chi connectivity index (χ0) is 12.8. The lowest BCUT2D eigenvalue weighted by atomic mass is 10.3. The van der Waals surface area contributed by atoms with Gasteiger partial charge in [0.25, 0.3) is 0 Å². The van der Waals surface area contributed by atoms with Crippen molar-refractivity contribution in [1.82, 2.24) is 9.97 Å². The number of rotatable bonds is 5. The zero-order valence-electron chi connectivity index (χ0n) is 9.64. The van der Waals surface area contributed by atoms with Gasteiger partial charge in [-0.05, 0) is 12.1 Å². The van der Waals surface area contributed by atoms with E-state index in [2.05, 4.69) is 15.3 Å². The van der Waals surface area contributed by atoms with Gasteiger partial charge in [-0.3, -0.25) is 0 Å². The van der Waals surface area contributed by atoms with Gasteiger partial charge in [-0.25, -0.2) is 9.37 Å². The zero-order valence-corrected chi connectivity index (χ0v) is 9.64. The van der Waals surface area contributed by atoms with Crippen LogP contribution in [0.2, 0.25) is 0 Å². The molecule has 2 aromatic rings. The molecule has 0 amide bonds. The second-order valence-electron chi connectivity index (χ2n) is 3.53. The highest BCUT2D eigenvalue weighted by atomic mass is 19.1. The predicted molar refractivity (Wildman–Crippen MR) is 66.8 cm³/mol. The average molecular weight is 248 g/mol. The van der Waals surface area contributed by atoms with Crippen LogP contribution in [0.4, 0.5) is 15.9 Å². The Bertz CT molecular complexity index is 507.